The predicted octanol–water partition coefficient (Wildman–Crippen LogP) is 4.90. The van der Waals surface area contributed by atoms with Crippen LogP contribution in [0.2, 0.25) is 0 Å². The molecule has 0 aliphatic heterocycles. The molecule has 2 heteroatoms. The first-order valence-electron chi connectivity index (χ1n) is 8.80. The largest absolute Gasteiger partial charge is 0.497 e. The van der Waals surface area contributed by atoms with Crippen molar-refractivity contribution in [1.82, 2.24) is 0 Å². The van der Waals surface area contributed by atoms with E-state index in [1.165, 1.54) is 43.2 Å². The van der Waals surface area contributed by atoms with E-state index in [9.17, 15) is 0 Å². The summed E-state index contributed by atoms with van der Waals surface area (Å²) in [5.41, 5.74) is 3.11. The van der Waals surface area contributed by atoms with Crippen LogP contribution >= 0.6 is 0 Å². The van der Waals surface area contributed by atoms with Crippen LogP contribution in [0.5, 0.6) is 5.75 Å². The SMILES string of the molecule is C=C1C[C@@]23C=C[C@@H](OCc4ccc(OC)cc4)CC2C[C@@H]1CC3. The number of hydrogen-bond donors (Lipinski definition) is 0. The van der Waals surface area contributed by atoms with E-state index in [0.29, 0.717) is 12.0 Å². The molecule has 3 fully saturated rings. The van der Waals surface area contributed by atoms with Gasteiger partial charge in [-0.25, -0.2) is 0 Å². The quantitative estimate of drug-likeness (QED) is 0.736. The average Bonchev–Trinajstić information content (AvgIpc) is 2.59. The van der Waals surface area contributed by atoms with Crippen molar-refractivity contribution < 1.29 is 9.47 Å². The molecule has 3 saturated carbocycles. The van der Waals surface area contributed by atoms with Crippen molar-refractivity contribution in [3.8, 4) is 5.75 Å². The first-order chi connectivity index (χ1) is 11.2. The molecule has 5 rings (SSSR count). The summed E-state index contributed by atoms with van der Waals surface area (Å²) in [4.78, 5) is 0. The molecule has 2 bridgehead atoms. The summed E-state index contributed by atoms with van der Waals surface area (Å²) < 4.78 is 11.4. The van der Waals surface area contributed by atoms with Gasteiger partial charge >= 0.3 is 0 Å². The fourth-order valence-electron chi connectivity index (χ4n) is 4.83. The van der Waals surface area contributed by atoms with Gasteiger partial charge in [0.05, 0.1) is 19.8 Å². The van der Waals surface area contributed by atoms with Gasteiger partial charge in [-0.1, -0.05) is 36.4 Å². The summed E-state index contributed by atoms with van der Waals surface area (Å²) in [6.07, 6.45) is 11.5. The van der Waals surface area contributed by atoms with Crippen LogP contribution < -0.4 is 4.74 Å². The van der Waals surface area contributed by atoms with Crippen LogP contribution in [0.25, 0.3) is 0 Å². The van der Waals surface area contributed by atoms with Crippen molar-refractivity contribution in [2.45, 2.75) is 44.8 Å². The zero-order chi connectivity index (χ0) is 15.9. The molecule has 2 nitrogen and oxygen atoms in total. The second-order valence-electron chi connectivity index (χ2n) is 7.53. The summed E-state index contributed by atoms with van der Waals surface area (Å²) in [6, 6.07) is 8.16. The summed E-state index contributed by atoms with van der Waals surface area (Å²) >= 11 is 0. The minimum atomic E-state index is 0.264. The lowest BCUT2D eigenvalue weighted by atomic mass is 9.51. The zero-order valence-corrected chi connectivity index (χ0v) is 14.0. The van der Waals surface area contributed by atoms with E-state index in [4.69, 9.17) is 9.47 Å². The minimum Gasteiger partial charge on any atom is -0.497 e. The summed E-state index contributed by atoms with van der Waals surface area (Å²) in [5, 5.41) is 0. The topological polar surface area (TPSA) is 18.5 Å². The van der Waals surface area contributed by atoms with Gasteiger partial charge in [-0.2, -0.15) is 0 Å². The van der Waals surface area contributed by atoms with Gasteiger partial charge < -0.3 is 9.47 Å². The van der Waals surface area contributed by atoms with Crippen LogP contribution in [0.15, 0.2) is 48.6 Å². The molecule has 1 unspecified atom stereocenters. The van der Waals surface area contributed by atoms with Crippen molar-refractivity contribution in [3.63, 3.8) is 0 Å². The van der Waals surface area contributed by atoms with Gasteiger partial charge in [0, 0.05) is 0 Å². The highest BCUT2D eigenvalue weighted by molar-refractivity contribution is 5.27. The maximum Gasteiger partial charge on any atom is 0.118 e. The van der Waals surface area contributed by atoms with E-state index < -0.39 is 0 Å². The zero-order valence-electron chi connectivity index (χ0n) is 14.0. The van der Waals surface area contributed by atoms with Crippen molar-refractivity contribution >= 4 is 0 Å². The van der Waals surface area contributed by atoms with Crippen LogP contribution in [0.3, 0.4) is 0 Å². The highest BCUT2D eigenvalue weighted by Crippen LogP contribution is 2.59. The third-order valence-electron chi connectivity index (χ3n) is 6.26. The molecule has 4 aliphatic carbocycles. The Morgan fingerprint density at radius 3 is 2.78 bits per heavy atom. The van der Waals surface area contributed by atoms with E-state index in [2.05, 4.69) is 30.9 Å². The van der Waals surface area contributed by atoms with Crippen LogP contribution in [-0.2, 0) is 11.3 Å². The molecular formula is C21H26O2. The molecule has 1 aromatic rings. The van der Waals surface area contributed by atoms with Gasteiger partial charge in [0.1, 0.15) is 5.75 Å². The summed E-state index contributed by atoms with van der Waals surface area (Å²) in [7, 11) is 1.70. The molecule has 4 atom stereocenters. The Morgan fingerprint density at radius 1 is 1.22 bits per heavy atom. The molecule has 0 aromatic heterocycles. The molecule has 122 valence electrons. The Hall–Kier alpha value is -1.54. The van der Waals surface area contributed by atoms with E-state index >= 15 is 0 Å². The lowest BCUT2D eigenvalue weighted by molar-refractivity contribution is -0.00767. The lowest BCUT2D eigenvalue weighted by Crippen LogP contribution is -2.45. The van der Waals surface area contributed by atoms with E-state index in [-0.39, 0.29) is 6.10 Å². The molecule has 1 aromatic carbocycles. The Balaban J connectivity index is 1.40. The normalized spacial score (nSPS) is 35.2. The van der Waals surface area contributed by atoms with Gasteiger partial charge in [0.25, 0.3) is 0 Å². The lowest BCUT2D eigenvalue weighted by Gasteiger charge is -2.54. The van der Waals surface area contributed by atoms with Crippen molar-refractivity contribution in [1.29, 1.82) is 0 Å². The number of ether oxygens (including phenoxy) is 2. The summed E-state index contributed by atoms with van der Waals surface area (Å²) in [5.74, 6) is 2.46. The molecule has 0 radical (unpaired) electrons. The Kier molecular flexibility index (Phi) is 3.81. The Morgan fingerprint density at radius 2 is 2.04 bits per heavy atom. The van der Waals surface area contributed by atoms with E-state index in [1.54, 1.807) is 7.11 Å². The maximum absolute atomic E-state index is 6.17. The third-order valence-corrected chi connectivity index (χ3v) is 6.26. The standard InChI is InChI=1S/C21H26O2/c1-15-13-21-9-7-17(15)11-18(21)12-20(8-10-21)23-14-16-3-5-19(22-2)6-4-16/h3-6,8,10,17-18,20H,1,7,9,11-14H2,2H3/t17-,18?,20+,21+/m0/s1. The monoisotopic (exact) mass is 310 g/mol. The number of hydrogen-bond acceptors (Lipinski definition) is 2. The van der Waals surface area contributed by atoms with Gasteiger partial charge in [-0.05, 0) is 67.1 Å². The number of fused-ring (bicyclic) bond motifs is 2. The van der Waals surface area contributed by atoms with Crippen LogP contribution in [0, 0.1) is 17.3 Å². The Labute approximate surface area is 139 Å². The molecule has 23 heavy (non-hydrogen) atoms. The average molecular weight is 310 g/mol. The second kappa shape index (κ2) is 5.83. The molecule has 0 N–H and O–H groups in total. The molecule has 0 amide bonds. The van der Waals surface area contributed by atoms with E-state index in [1.807, 2.05) is 12.1 Å². The highest BCUT2D eigenvalue weighted by atomic mass is 16.5. The van der Waals surface area contributed by atoms with Crippen molar-refractivity contribution in [3.05, 3.63) is 54.1 Å². The number of rotatable bonds is 4. The predicted molar refractivity (Wildman–Crippen MR) is 92.3 cm³/mol. The number of benzene rings is 1. The van der Waals surface area contributed by atoms with Gasteiger partial charge in [-0.3, -0.25) is 0 Å². The summed E-state index contributed by atoms with van der Waals surface area (Å²) in [6.45, 7) is 4.99. The molecule has 0 heterocycles. The Bertz CT molecular complexity index is 615. The smallest absolute Gasteiger partial charge is 0.118 e. The van der Waals surface area contributed by atoms with E-state index in [0.717, 1.165) is 17.6 Å². The maximum atomic E-state index is 6.17. The van der Waals surface area contributed by atoms with Gasteiger partial charge in [0.15, 0.2) is 0 Å². The molecule has 1 spiro atoms. The fourth-order valence-corrected chi connectivity index (χ4v) is 4.83. The number of allylic oxidation sites excluding steroid dienone is 2. The molecular weight excluding hydrogens is 284 g/mol. The van der Waals surface area contributed by atoms with Crippen molar-refractivity contribution in [2.24, 2.45) is 17.3 Å². The molecule has 0 saturated heterocycles. The van der Waals surface area contributed by atoms with Crippen LogP contribution in [0.4, 0.5) is 0 Å². The van der Waals surface area contributed by atoms with Gasteiger partial charge in [0.2, 0.25) is 0 Å². The number of methoxy groups -OCH3 is 1. The minimum absolute atomic E-state index is 0.264. The fraction of sp³-hybridized carbons (Fsp3) is 0.524. The second-order valence-corrected chi connectivity index (χ2v) is 7.53. The first kappa shape index (κ1) is 15.0. The first-order valence-corrected chi connectivity index (χ1v) is 8.80. The molecule has 4 aliphatic rings. The van der Waals surface area contributed by atoms with Crippen molar-refractivity contribution in [2.75, 3.05) is 7.11 Å². The van der Waals surface area contributed by atoms with Gasteiger partial charge in [-0.15, -0.1) is 0 Å². The third kappa shape index (κ3) is 2.74. The van der Waals surface area contributed by atoms with Crippen LogP contribution in [-0.4, -0.2) is 13.2 Å². The van der Waals surface area contributed by atoms with Crippen LogP contribution in [0.1, 0.15) is 37.7 Å². The highest BCUT2D eigenvalue weighted by Gasteiger charge is 2.49.